The molecule has 19 heavy (non-hydrogen) atoms. The number of nitrogens with zero attached hydrogens (tertiary/aromatic N) is 3. The highest BCUT2D eigenvalue weighted by Gasteiger charge is 2.15. The molecule has 1 aromatic carbocycles. The fourth-order valence-electron chi connectivity index (χ4n) is 1.64. The number of aromatic nitrogens is 2. The minimum atomic E-state index is -0.528. The Labute approximate surface area is 109 Å². The molecule has 0 radical (unpaired) electrons. The number of rotatable bonds is 5. The van der Waals surface area contributed by atoms with Gasteiger partial charge in [-0.3, -0.25) is 19.6 Å². The lowest BCUT2D eigenvalue weighted by molar-refractivity contribution is -0.383. The molecule has 2 aromatic rings. The van der Waals surface area contributed by atoms with Crippen LogP contribution in [-0.2, 0) is 6.54 Å². The van der Waals surface area contributed by atoms with Crippen molar-refractivity contribution >= 4 is 23.3 Å². The van der Waals surface area contributed by atoms with Crippen molar-refractivity contribution in [3.05, 3.63) is 46.3 Å². The van der Waals surface area contributed by atoms with E-state index >= 15 is 0 Å². The number of aldehydes is 1. The number of carbonyl (C=O) groups excluding carboxylic acids is 1. The summed E-state index contributed by atoms with van der Waals surface area (Å²) in [4.78, 5) is 21.1. The Hall–Kier alpha value is -2.70. The first-order chi connectivity index (χ1) is 9.13. The first-order valence-electron chi connectivity index (χ1n) is 5.67. The summed E-state index contributed by atoms with van der Waals surface area (Å²) in [5, 5.41) is 18.0. The van der Waals surface area contributed by atoms with Crippen LogP contribution in [0.1, 0.15) is 17.3 Å². The molecule has 0 aliphatic carbocycles. The van der Waals surface area contributed by atoms with Crippen LogP contribution >= 0.6 is 0 Å². The fraction of sp³-hybridized carbons (Fsp3) is 0.167. The molecule has 0 unspecified atom stereocenters. The number of benzene rings is 1. The molecule has 0 fully saturated rings. The van der Waals surface area contributed by atoms with E-state index in [1.54, 1.807) is 17.1 Å². The smallest absolute Gasteiger partial charge is 0.293 e. The summed E-state index contributed by atoms with van der Waals surface area (Å²) in [6, 6.07) is 4.26. The van der Waals surface area contributed by atoms with Crippen molar-refractivity contribution in [1.29, 1.82) is 0 Å². The zero-order valence-electron chi connectivity index (χ0n) is 10.2. The number of nitro benzene ring substituents is 1. The highest BCUT2D eigenvalue weighted by atomic mass is 16.6. The second kappa shape index (κ2) is 5.30. The lowest BCUT2D eigenvalue weighted by Gasteiger charge is -2.04. The number of carbonyl (C=O) groups is 1. The Balaban J connectivity index is 2.33. The molecule has 0 amide bonds. The van der Waals surface area contributed by atoms with Crippen LogP contribution in [0.25, 0.3) is 0 Å². The average molecular weight is 260 g/mol. The van der Waals surface area contributed by atoms with Gasteiger partial charge in [-0.25, -0.2) is 0 Å². The van der Waals surface area contributed by atoms with Gasteiger partial charge < -0.3 is 5.32 Å². The number of anilines is 2. The van der Waals surface area contributed by atoms with Gasteiger partial charge in [-0.1, -0.05) is 0 Å². The topological polar surface area (TPSA) is 90.1 Å². The first-order valence-corrected chi connectivity index (χ1v) is 5.67. The monoisotopic (exact) mass is 260 g/mol. The molecule has 2 rings (SSSR count). The van der Waals surface area contributed by atoms with Crippen LogP contribution in [0.5, 0.6) is 0 Å². The molecule has 0 saturated carbocycles. The van der Waals surface area contributed by atoms with Crippen molar-refractivity contribution in [2.24, 2.45) is 0 Å². The lowest BCUT2D eigenvalue weighted by atomic mass is 10.2. The largest absolute Gasteiger partial charge is 0.347 e. The molecule has 0 atom stereocenters. The van der Waals surface area contributed by atoms with E-state index in [0.717, 1.165) is 0 Å². The summed E-state index contributed by atoms with van der Waals surface area (Å²) in [5.41, 5.74) is 1.10. The van der Waals surface area contributed by atoms with Crippen LogP contribution in [0.2, 0.25) is 0 Å². The van der Waals surface area contributed by atoms with Gasteiger partial charge in [0.05, 0.1) is 16.8 Å². The van der Waals surface area contributed by atoms with Crippen molar-refractivity contribution in [2.45, 2.75) is 13.5 Å². The maximum Gasteiger partial charge on any atom is 0.293 e. The van der Waals surface area contributed by atoms with E-state index in [1.807, 2.05) is 6.92 Å². The van der Waals surface area contributed by atoms with E-state index in [4.69, 9.17) is 0 Å². The molecule has 0 aliphatic rings. The fourth-order valence-corrected chi connectivity index (χ4v) is 1.64. The molecular weight excluding hydrogens is 248 g/mol. The standard InChI is InChI=1S/C12H12N4O3/c1-2-15-7-10(6-13-15)14-11-4-3-9(8-17)5-12(11)16(18)19/h3-8,14H,2H2,1H3. The van der Waals surface area contributed by atoms with Gasteiger partial charge in [0, 0.05) is 24.4 Å². The first kappa shape index (κ1) is 12.7. The van der Waals surface area contributed by atoms with Crippen LogP contribution in [0.4, 0.5) is 17.1 Å². The molecule has 1 heterocycles. The molecule has 7 nitrogen and oxygen atoms in total. The predicted octanol–water partition coefficient (Wildman–Crippen LogP) is 2.37. The number of aryl methyl sites for hydroxylation is 1. The highest BCUT2D eigenvalue weighted by molar-refractivity contribution is 5.80. The molecule has 0 bridgehead atoms. The Morgan fingerprint density at radius 3 is 2.89 bits per heavy atom. The summed E-state index contributed by atoms with van der Waals surface area (Å²) in [7, 11) is 0. The van der Waals surface area contributed by atoms with E-state index in [-0.39, 0.29) is 11.3 Å². The van der Waals surface area contributed by atoms with Gasteiger partial charge in [-0.2, -0.15) is 5.10 Å². The van der Waals surface area contributed by atoms with Crippen molar-refractivity contribution in [2.75, 3.05) is 5.32 Å². The van der Waals surface area contributed by atoms with Gasteiger partial charge in [0.15, 0.2) is 0 Å². The van der Waals surface area contributed by atoms with E-state index in [9.17, 15) is 14.9 Å². The van der Waals surface area contributed by atoms with Gasteiger partial charge in [-0.05, 0) is 19.1 Å². The quantitative estimate of drug-likeness (QED) is 0.506. The van der Waals surface area contributed by atoms with Crippen molar-refractivity contribution < 1.29 is 9.72 Å². The van der Waals surface area contributed by atoms with Crippen molar-refractivity contribution in [3.63, 3.8) is 0 Å². The molecular formula is C12H12N4O3. The lowest BCUT2D eigenvalue weighted by Crippen LogP contribution is -1.98. The number of hydrogen-bond donors (Lipinski definition) is 1. The van der Waals surface area contributed by atoms with Crippen LogP contribution in [-0.4, -0.2) is 21.0 Å². The summed E-state index contributed by atoms with van der Waals surface area (Å²) in [6.07, 6.45) is 3.91. The SMILES string of the molecule is CCn1cc(Nc2ccc(C=O)cc2[N+](=O)[O-])cn1. The molecule has 7 heteroatoms. The molecule has 1 aromatic heterocycles. The molecule has 0 saturated heterocycles. The maximum atomic E-state index is 11.0. The van der Waals surface area contributed by atoms with Crippen molar-refractivity contribution in [3.8, 4) is 0 Å². The predicted molar refractivity (Wildman–Crippen MR) is 69.7 cm³/mol. The van der Waals surface area contributed by atoms with E-state index in [1.165, 1.54) is 18.2 Å². The second-order valence-corrected chi connectivity index (χ2v) is 3.86. The van der Waals surface area contributed by atoms with Gasteiger partial charge >= 0.3 is 0 Å². The number of hydrogen-bond acceptors (Lipinski definition) is 5. The third-order valence-corrected chi connectivity index (χ3v) is 2.59. The van der Waals surface area contributed by atoms with E-state index in [0.29, 0.717) is 24.2 Å². The Morgan fingerprint density at radius 1 is 1.53 bits per heavy atom. The summed E-state index contributed by atoms with van der Waals surface area (Å²) in [5.74, 6) is 0. The second-order valence-electron chi connectivity index (χ2n) is 3.86. The van der Waals surface area contributed by atoms with E-state index < -0.39 is 4.92 Å². The number of nitro groups is 1. The van der Waals surface area contributed by atoms with E-state index in [2.05, 4.69) is 10.4 Å². The third kappa shape index (κ3) is 2.76. The van der Waals surface area contributed by atoms with Crippen molar-refractivity contribution in [1.82, 2.24) is 9.78 Å². The van der Waals surface area contributed by atoms with Crippen LogP contribution in [0.3, 0.4) is 0 Å². The number of nitrogens with one attached hydrogen (secondary N) is 1. The van der Waals surface area contributed by atoms with Crippen LogP contribution in [0.15, 0.2) is 30.6 Å². The van der Waals surface area contributed by atoms with Gasteiger partial charge in [0.2, 0.25) is 0 Å². The van der Waals surface area contributed by atoms with Gasteiger partial charge in [-0.15, -0.1) is 0 Å². The summed E-state index contributed by atoms with van der Waals surface area (Å²) >= 11 is 0. The Bertz CT molecular complexity index is 621. The Morgan fingerprint density at radius 2 is 2.32 bits per heavy atom. The molecule has 98 valence electrons. The van der Waals surface area contributed by atoms with Crippen LogP contribution in [0, 0.1) is 10.1 Å². The normalized spacial score (nSPS) is 10.2. The maximum absolute atomic E-state index is 11.0. The average Bonchev–Trinajstić information content (AvgIpc) is 2.86. The minimum Gasteiger partial charge on any atom is -0.347 e. The molecule has 0 aliphatic heterocycles. The zero-order valence-corrected chi connectivity index (χ0v) is 10.2. The molecule has 0 spiro atoms. The van der Waals surface area contributed by atoms with Gasteiger partial charge in [0.1, 0.15) is 12.0 Å². The van der Waals surface area contributed by atoms with Gasteiger partial charge in [0.25, 0.3) is 5.69 Å². The highest BCUT2D eigenvalue weighted by Crippen LogP contribution is 2.28. The zero-order chi connectivity index (χ0) is 13.8. The molecule has 1 N–H and O–H groups in total. The third-order valence-electron chi connectivity index (χ3n) is 2.59. The minimum absolute atomic E-state index is 0.145. The summed E-state index contributed by atoms with van der Waals surface area (Å²) < 4.78 is 1.70. The van der Waals surface area contributed by atoms with Crippen LogP contribution < -0.4 is 5.32 Å². The summed E-state index contributed by atoms with van der Waals surface area (Å²) in [6.45, 7) is 2.66. The Kier molecular flexibility index (Phi) is 3.56.